The molecule has 96 valence electrons. The van der Waals surface area contributed by atoms with Crippen molar-refractivity contribution in [3.8, 4) is 0 Å². The molecule has 18 heavy (non-hydrogen) atoms. The zero-order chi connectivity index (χ0) is 12.5. The van der Waals surface area contributed by atoms with Gasteiger partial charge in [0.05, 0.1) is 0 Å². The summed E-state index contributed by atoms with van der Waals surface area (Å²) in [5, 5.41) is 9.26. The molecule has 4 nitrogen and oxygen atoms in total. The molecule has 0 bridgehead atoms. The Bertz CT molecular complexity index is 551. The van der Waals surface area contributed by atoms with Crippen LogP contribution in [0.4, 0.5) is 0 Å². The Morgan fingerprint density at radius 1 is 1.39 bits per heavy atom. The van der Waals surface area contributed by atoms with E-state index in [9.17, 15) is 0 Å². The normalized spacial score (nSPS) is 21.6. The van der Waals surface area contributed by atoms with Crippen molar-refractivity contribution in [3.05, 3.63) is 29.2 Å². The topological polar surface area (TPSA) is 33.4 Å². The molecule has 1 aliphatic rings. The van der Waals surface area contributed by atoms with Crippen LogP contribution in [0.1, 0.15) is 31.5 Å². The van der Waals surface area contributed by atoms with Gasteiger partial charge in [-0.3, -0.25) is 4.40 Å². The van der Waals surface area contributed by atoms with Crippen LogP contribution in [0.3, 0.4) is 0 Å². The Morgan fingerprint density at radius 3 is 3.11 bits per heavy atom. The molecule has 1 aliphatic heterocycles. The van der Waals surface area contributed by atoms with Crippen molar-refractivity contribution in [2.24, 2.45) is 0 Å². The van der Waals surface area contributed by atoms with Gasteiger partial charge >= 0.3 is 0 Å². The SMILES string of the molecule is CCN1CCCC(c2nnc3cccc(Cl)n23)C1. The number of fused-ring (bicyclic) bond motifs is 1. The van der Waals surface area contributed by atoms with Gasteiger partial charge in [0.15, 0.2) is 5.65 Å². The smallest absolute Gasteiger partial charge is 0.161 e. The summed E-state index contributed by atoms with van der Waals surface area (Å²) in [6.07, 6.45) is 2.39. The Morgan fingerprint density at radius 2 is 2.28 bits per heavy atom. The van der Waals surface area contributed by atoms with Crippen LogP contribution >= 0.6 is 11.6 Å². The minimum Gasteiger partial charge on any atom is -0.303 e. The molecule has 1 atom stereocenters. The molecule has 0 aromatic carbocycles. The fraction of sp³-hybridized carbons (Fsp3) is 0.538. The number of piperidine rings is 1. The number of likely N-dealkylation sites (N-methyl/N-ethyl adjacent to an activating group) is 1. The zero-order valence-corrected chi connectivity index (χ0v) is 11.3. The molecule has 2 aromatic heterocycles. The summed E-state index contributed by atoms with van der Waals surface area (Å²) in [6, 6.07) is 5.75. The first-order valence-electron chi connectivity index (χ1n) is 6.51. The van der Waals surface area contributed by atoms with Gasteiger partial charge in [0.1, 0.15) is 11.0 Å². The van der Waals surface area contributed by atoms with Crippen LogP contribution in [0.5, 0.6) is 0 Å². The van der Waals surface area contributed by atoms with Gasteiger partial charge in [-0.05, 0) is 38.1 Å². The molecule has 3 rings (SSSR count). The molecular formula is C13H17ClN4. The lowest BCUT2D eigenvalue weighted by Crippen LogP contribution is -2.34. The molecule has 0 amide bonds. The van der Waals surface area contributed by atoms with Crippen LogP contribution in [-0.2, 0) is 0 Å². The Labute approximate surface area is 112 Å². The molecule has 0 aliphatic carbocycles. The predicted octanol–water partition coefficient (Wildman–Crippen LogP) is 2.58. The lowest BCUT2D eigenvalue weighted by Gasteiger charge is -2.30. The van der Waals surface area contributed by atoms with Gasteiger partial charge in [-0.2, -0.15) is 0 Å². The molecule has 0 radical (unpaired) electrons. The number of hydrogen-bond acceptors (Lipinski definition) is 3. The summed E-state index contributed by atoms with van der Waals surface area (Å²) in [5.74, 6) is 1.45. The highest BCUT2D eigenvalue weighted by Gasteiger charge is 2.24. The number of likely N-dealkylation sites (tertiary alicyclic amines) is 1. The Kier molecular flexibility index (Phi) is 3.22. The zero-order valence-electron chi connectivity index (χ0n) is 10.5. The molecule has 5 heteroatoms. The van der Waals surface area contributed by atoms with Gasteiger partial charge in [0.2, 0.25) is 0 Å². The van der Waals surface area contributed by atoms with Gasteiger partial charge in [-0.15, -0.1) is 10.2 Å². The predicted molar refractivity (Wildman–Crippen MR) is 72.1 cm³/mol. The first-order chi connectivity index (χ1) is 8.79. The van der Waals surface area contributed by atoms with Crippen LogP contribution in [0.25, 0.3) is 5.65 Å². The number of aromatic nitrogens is 3. The van der Waals surface area contributed by atoms with Gasteiger partial charge in [0, 0.05) is 12.5 Å². The quantitative estimate of drug-likeness (QED) is 0.782. The number of rotatable bonds is 2. The average molecular weight is 265 g/mol. The second kappa shape index (κ2) is 4.86. The van der Waals surface area contributed by atoms with Crippen LogP contribution in [0, 0.1) is 0 Å². The highest BCUT2D eigenvalue weighted by molar-refractivity contribution is 6.29. The van der Waals surface area contributed by atoms with Crippen LogP contribution < -0.4 is 0 Å². The van der Waals surface area contributed by atoms with Crippen LogP contribution in [0.15, 0.2) is 18.2 Å². The van der Waals surface area contributed by atoms with Gasteiger partial charge in [-0.25, -0.2) is 0 Å². The molecular weight excluding hydrogens is 248 g/mol. The Hall–Kier alpha value is -1.13. The van der Waals surface area contributed by atoms with E-state index in [1.165, 1.54) is 19.4 Å². The van der Waals surface area contributed by atoms with Crippen LogP contribution in [-0.4, -0.2) is 39.1 Å². The van der Waals surface area contributed by atoms with Crippen molar-refractivity contribution < 1.29 is 0 Å². The summed E-state index contributed by atoms with van der Waals surface area (Å²) < 4.78 is 1.98. The number of hydrogen-bond donors (Lipinski definition) is 0. The van der Waals surface area contributed by atoms with Crippen LogP contribution in [0.2, 0.25) is 5.15 Å². The molecule has 1 saturated heterocycles. The van der Waals surface area contributed by atoms with Crippen molar-refractivity contribution in [2.75, 3.05) is 19.6 Å². The third-order valence-corrected chi connectivity index (χ3v) is 4.02. The number of halogens is 1. The minimum atomic E-state index is 0.439. The van der Waals surface area contributed by atoms with E-state index in [2.05, 4.69) is 22.0 Å². The second-order valence-corrected chi connectivity index (χ2v) is 5.22. The van der Waals surface area contributed by atoms with Crippen molar-refractivity contribution in [1.29, 1.82) is 0 Å². The minimum absolute atomic E-state index is 0.439. The highest BCUT2D eigenvalue weighted by atomic mass is 35.5. The summed E-state index contributed by atoms with van der Waals surface area (Å²) in [4.78, 5) is 2.46. The number of pyridine rings is 1. The summed E-state index contributed by atoms with van der Waals surface area (Å²) in [7, 11) is 0. The van der Waals surface area contributed by atoms with Gasteiger partial charge in [0.25, 0.3) is 0 Å². The molecule has 0 spiro atoms. The molecule has 2 aromatic rings. The fourth-order valence-corrected chi connectivity index (χ4v) is 2.99. The van der Waals surface area contributed by atoms with E-state index < -0.39 is 0 Å². The largest absolute Gasteiger partial charge is 0.303 e. The van der Waals surface area contributed by atoms with Gasteiger partial charge in [-0.1, -0.05) is 24.6 Å². The monoisotopic (exact) mass is 264 g/mol. The third-order valence-electron chi connectivity index (χ3n) is 3.72. The summed E-state index contributed by atoms with van der Waals surface area (Å²) in [6.45, 7) is 5.55. The average Bonchev–Trinajstić information content (AvgIpc) is 2.84. The number of nitrogens with zero attached hydrogens (tertiary/aromatic N) is 4. The molecule has 1 unspecified atom stereocenters. The molecule has 0 N–H and O–H groups in total. The third kappa shape index (κ3) is 1.99. The summed E-state index contributed by atoms with van der Waals surface area (Å²) >= 11 is 6.26. The van der Waals surface area contributed by atoms with E-state index >= 15 is 0 Å². The maximum absolute atomic E-state index is 6.26. The second-order valence-electron chi connectivity index (χ2n) is 4.83. The van der Waals surface area contributed by atoms with Crippen molar-refractivity contribution in [2.45, 2.75) is 25.7 Å². The highest BCUT2D eigenvalue weighted by Crippen LogP contribution is 2.27. The van der Waals surface area contributed by atoms with E-state index in [-0.39, 0.29) is 0 Å². The van der Waals surface area contributed by atoms with Gasteiger partial charge < -0.3 is 4.90 Å². The molecule has 1 fully saturated rings. The lowest BCUT2D eigenvalue weighted by molar-refractivity contribution is 0.213. The lowest BCUT2D eigenvalue weighted by atomic mass is 9.97. The first kappa shape index (κ1) is 11.9. The van der Waals surface area contributed by atoms with E-state index in [1.807, 2.05) is 22.6 Å². The molecule has 0 saturated carbocycles. The maximum Gasteiger partial charge on any atom is 0.161 e. The summed E-state index contributed by atoms with van der Waals surface area (Å²) in [5.41, 5.74) is 0.839. The molecule has 3 heterocycles. The Balaban J connectivity index is 1.99. The fourth-order valence-electron chi connectivity index (χ4n) is 2.74. The maximum atomic E-state index is 6.26. The van der Waals surface area contributed by atoms with Crippen molar-refractivity contribution >= 4 is 17.2 Å². The van der Waals surface area contributed by atoms with E-state index in [0.29, 0.717) is 11.1 Å². The van der Waals surface area contributed by atoms with Crippen molar-refractivity contribution in [3.63, 3.8) is 0 Å². The first-order valence-corrected chi connectivity index (χ1v) is 6.89. The van der Waals surface area contributed by atoms with Crippen molar-refractivity contribution in [1.82, 2.24) is 19.5 Å². The standard InChI is InChI=1S/C13H17ClN4/c1-2-17-8-4-5-10(9-17)13-16-15-12-7-3-6-11(14)18(12)13/h3,6-7,10H,2,4-5,8-9H2,1H3. The van der Waals surface area contributed by atoms with E-state index in [0.717, 1.165) is 24.6 Å². The van der Waals surface area contributed by atoms with E-state index in [1.54, 1.807) is 0 Å². The van der Waals surface area contributed by atoms with E-state index in [4.69, 9.17) is 11.6 Å².